The number of carboxylic acid groups (broad SMARTS) is 1. The van der Waals surface area contributed by atoms with E-state index in [2.05, 4.69) is 15.0 Å². The van der Waals surface area contributed by atoms with Crippen LogP contribution in [0.4, 0.5) is 13.2 Å². The summed E-state index contributed by atoms with van der Waals surface area (Å²) in [7, 11) is 0. The molecule has 0 saturated heterocycles. The average Bonchev–Trinajstić information content (AvgIpc) is 2.75. The molecule has 0 amide bonds. The van der Waals surface area contributed by atoms with E-state index in [1.807, 2.05) is 0 Å². The van der Waals surface area contributed by atoms with E-state index in [1.165, 1.54) is 23.0 Å². The quantitative estimate of drug-likeness (QED) is 0.927. The molecule has 0 saturated carbocycles. The van der Waals surface area contributed by atoms with E-state index in [0.717, 1.165) is 12.1 Å². The van der Waals surface area contributed by atoms with Crippen LogP contribution in [0.5, 0.6) is 5.75 Å². The van der Waals surface area contributed by atoms with Crippen LogP contribution in [0.1, 0.15) is 5.69 Å². The average molecular weight is 287 g/mol. The summed E-state index contributed by atoms with van der Waals surface area (Å²) in [5.41, 5.74) is 0.690. The second-order valence-corrected chi connectivity index (χ2v) is 3.75. The smallest absolute Gasteiger partial charge is 0.481 e. The number of hydrogen-bond donors (Lipinski definition) is 1. The molecule has 0 spiro atoms. The summed E-state index contributed by atoms with van der Waals surface area (Å²) in [6.07, 6.45) is -3.79. The molecular formula is C11H8F3N3O3. The van der Waals surface area contributed by atoms with Crippen LogP contribution in [0, 0.1) is 0 Å². The number of carbonyl (C=O) groups is 1. The maximum atomic E-state index is 12.0. The van der Waals surface area contributed by atoms with Gasteiger partial charge in [0.2, 0.25) is 0 Å². The van der Waals surface area contributed by atoms with Crippen molar-refractivity contribution >= 4 is 5.97 Å². The van der Waals surface area contributed by atoms with Gasteiger partial charge in [-0.05, 0) is 24.3 Å². The van der Waals surface area contributed by atoms with Gasteiger partial charge in [-0.2, -0.15) is 0 Å². The van der Waals surface area contributed by atoms with Gasteiger partial charge < -0.3 is 9.84 Å². The Kier molecular flexibility index (Phi) is 3.59. The van der Waals surface area contributed by atoms with Gasteiger partial charge in [0.25, 0.3) is 0 Å². The van der Waals surface area contributed by atoms with E-state index in [1.54, 1.807) is 0 Å². The highest BCUT2D eigenvalue weighted by atomic mass is 19.4. The van der Waals surface area contributed by atoms with Crippen molar-refractivity contribution in [1.82, 2.24) is 15.0 Å². The minimum atomic E-state index is -4.76. The first-order valence-electron chi connectivity index (χ1n) is 5.33. The monoisotopic (exact) mass is 287 g/mol. The SMILES string of the molecule is O=C(O)Cc1cnnn1-c1ccc(OC(F)(F)F)cc1. The molecule has 0 aliphatic rings. The van der Waals surface area contributed by atoms with E-state index in [4.69, 9.17) is 5.11 Å². The van der Waals surface area contributed by atoms with Crippen molar-refractivity contribution in [3.05, 3.63) is 36.2 Å². The molecule has 2 rings (SSSR count). The number of nitrogens with zero attached hydrogens (tertiary/aromatic N) is 3. The Morgan fingerprint density at radius 1 is 1.30 bits per heavy atom. The summed E-state index contributed by atoms with van der Waals surface area (Å²) in [4.78, 5) is 10.6. The zero-order chi connectivity index (χ0) is 14.8. The molecule has 1 aromatic carbocycles. The molecule has 1 heterocycles. The van der Waals surface area contributed by atoms with Crippen LogP contribution in [-0.2, 0) is 11.2 Å². The van der Waals surface area contributed by atoms with Gasteiger partial charge >= 0.3 is 12.3 Å². The molecule has 20 heavy (non-hydrogen) atoms. The highest BCUT2D eigenvalue weighted by Crippen LogP contribution is 2.23. The minimum absolute atomic E-state index is 0.298. The summed E-state index contributed by atoms with van der Waals surface area (Å²) < 4.78 is 41.0. The molecule has 0 bridgehead atoms. The van der Waals surface area contributed by atoms with Crippen LogP contribution < -0.4 is 4.74 Å². The Hall–Kier alpha value is -2.58. The van der Waals surface area contributed by atoms with Crippen molar-refractivity contribution in [1.29, 1.82) is 0 Å². The van der Waals surface area contributed by atoms with Gasteiger partial charge in [-0.25, -0.2) is 4.68 Å². The van der Waals surface area contributed by atoms with Crippen molar-refractivity contribution < 1.29 is 27.8 Å². The van der Waals surface area contributed by atoms with Crippen molar-refractivity contribution in [3.63, 3.8) is 0 Å². The van der Waals surface area contributed by atoms with Gasteiger partial charge in [0.05, 0.1) is 24.0 Å². The Morgan fingerprint density at radius 3 is 2.50 bits per heavy atom. The molecule has 0 fully saturated rings. The largest absolute Gasteiger partial charge is 0.573 e. The summed E-state index contributed by atoms with van der Waals surface area (Å²) in [5, 5.41) is 16.0. The van der Waals surface area contributed by atoms with Crippen molar-refractivity contribution in [3.8, 4) is 11.4 Å². The maximum Gasteiger partial charge on any atom is 0.573 e. The van der Waals surface area contributed by atoms with Crippen LogP contribution in [-0.4, -0.2) is 32.4 Å². The molecule has 1 aromatic heterocycles. The number of alkyl halides is 3. The number of benzene rings is 1. The van der Waals surface area contributed by atoms with Crippen LogP contribution >= 0.6 is 0 Å². The Morgan fingerprint density at radius 2 is 1.95 bits per heavy atom. The third-order valence-corrected chi connectivity index (χ3v) is 2.27. The first kappa shape index (κ1) is 13.8. The van der Waals surface area contributed by atoms with Crippen LogP contribution in [0.3, 0.4) is 0 Å². The van der Waals surface area contributed by atoms with Crippen LogP contribution in [0.25, 0.3) is 5.69 Å². The van der Waals surface area contributed by atoms with Crippen LogP contribution in [0.15, 0.2) is 30.5 Å². The Balaban J connectivity index is 2.22. The lowest BCUT2D eigenvalue weighted by atomic mass is 10.2. The topological polar surface area (TPSA) is 77.2 Å². The Labute approximate surface area is 110 Å². The number of halogens is 3. The second-order valence-electron chi connectivity index (χ2n) is 3.75. The van der Waals surface area contributed by atoms with E-state index < -0.39 is 12.3 Å². The van der Waals surface area contributed by atoms with Gasteiger partial charge in [0, 0.05) is 0 Å². The molecule has 6 nitrogen and oxygen atoms in total. The predicted octanol–water partition coefficient (Wildman–Crippen LogP) is 1.79. The second kappa shape index (κ2) is 5.19. The van der Waals surface area contributed by atoms with Crippen molar-refractivity contribution in [2.75, 3.05) is 0 Å². The number of rotatable bonds is 4. The predicted molar refractivity (Wildman–Crippen MR) is 59.4 cm³/mol. The lowest BCUT2D eigenvalue weighted by molar-refractivity contribution is -0.274. The van der Waals surface area contributed by atoms with Gasteiger partial charge in [0.1, 0.15) is 5.75 Å². The molecule has 106 valence electrons. The fourth-order valence-electron chi connectivity index (χ4n) is 1.54. The van der Waals surface area contributed by atoms with Gasteiger partial charge in [-0.15, -0.1) is 18.3 Å². The first-order valence-corrected chi connectivity index (χ1v) is 5.33. The van der Waals surface area contributed by atoms with Crippen molar-refractivity contribution in [2.24, 2.45) is 0 Å². The first-order chi connectivity index (χ1) is 9.35. The Bertz CT molecular complexity index is 607. The standard InChI is InChI=1S/C11H8F3N3O3/c12-11(13,14)20-9-3-1-7(2-4-9)17-8(5-10(18)19)6-15-16-17/h1-4,6H,5H2,(H,18,19). The number of carboxylic acids is 1. The highest BCUT2D eigenvalue weighted by Gasteiger charge is 2.31. The fourth-order valence-corrected chi connectivity index (χ4v) is 1.54. The maximum absolute atomic E-state index is 12.0. The van der Waals surface area contributed by atoms with E-state index >= 15 is 0 Å². The fraction of sp³-hybridized carbons (Fsp3) is 0.182. The van der Waals surface area contributed by atoms with Gasteiger partial charge in [-0.3, -0.25) is 4.79 Å². The number of hydrogen-bond acceptors (Lipinski definition) is 4. The summed E-state index contributed by atoms with van der Waals surface area (Å²) in [6.45, 7) is 0. The number of ether oxygens (including phenoxy) is 1. The molecule has 0 aliphatic heterocycles. The molecular weight excluding hydrogens is 279 g/mol. The lowest BCUT2D eigenvalue weighted by Gasteiger charge is -2.09. The third-order valence-electron chi connectivity index (χ3n) is 2.27. The lowest BCUT2D eigenvalue weighted by Crippen LogP contribution is -2.17. The van der Waals surface area contributed by atoms with Gasteiger partial charge in [-0.1, -0.05) is 5.21 Å². The van der Waals surface area contributed by atoms with E-state index in [0.29, 0.717) is 11.4 Å². The van der Waals surface area contributed by atoms with Crippen LogP contribution in [0.2, 0.25) is 0 Å². The number of aromatic nitrogens is 3. The molecule has 9 heteroatoms. The zero-order valence-corrected chi connectivity index (χ0v) is 9.83. The molecule has 0 aliphatic carbocycles. The summed E-state index contributed by atoms with van der Waals surface area (Å²) in [5.74, 6) is -1.44. The molecule has 1 N–H and O–H groups in total. The molecule has 0 atom stereocenters. The molecule has 2 aromatic rings. The zero-order valence-electron chi connectivity index (χ0n) is 9.83. The molecule has 0 unspecified atom stereocenters. The minimum Gasteiger partial charge on any atom is -0.481 e. The normalized spacial score (nSPS) is 11.3. The molecule has 0 radical (unpaired) electrons. The van der Waals surface area contributed by atoms with Crippen molar-refractivity contribution in [2.45, 2.75) is 12.8 Å². The van der Waals surface area contributed by atoms with E-state index in [9.17, 15) is 18.0 Å². The summed E-state index contributed by atoms with van der Waals surface area (Å²) >= 11 is 0. The van der Waals surface area contributed by atoms with E-state index in [-0.39, 0.29) is 12.2 Å². The van der Waals surface area contributed by atoms with Gasteiger partial charge in [0.15, 0.2) is 0 Å². The highest BCUT2D eigenvalue weighted by molar-refractivity contribution is 5.69. The third kappa shape index (κ3) is 3.46. The summed E-state index contributed by atoms with van der Waals surface area (Å²) in [6, 6.07) is 4.85. The number of aliphatic carboxylic acids is 1.